The van der Waals surface area contributed by atoms with Gasteiger partial charge in [0, 0.05) is 25.9 Å². The van der Waals surface area contributed by atoms with Crippen LogP contribution in [0.4, 0.5) is 0 Å². The Morgan fingerprint density at radius 2 is 2.45 bits per heavy atom. The molecule has 0 bridgehead atoms. The summed E-state index contributed by atoms with van der Waals surface area (Å²) in [5.41, 5.74) is 1.01. The first-order chi connectivity index (χ1) is 10.7. The second kappa shape index (κ2) is 6.85. The van der Waals surface area contributed by atoms with Crippen molar-refractivity contribution in [2.24, 2.45) is 0 Å². The predicted octanol–water partition coefficient (Wildman–Crippen LogP) is 1.65. The molecule has 0 saturated carbocycles. The van der Waals surface area contributed by atoms with Crippen molar-refractivity contribution < 1.29 is 9.53 Å². The zero-order chi connectivity index (χ0) is 15.4. The lowest BCUT2D eigenvalue weighted by molar-refractivity contribution is 0.0502. The van der Waals surface area contributed by atoms with Crippen molar-refractivity contribution in [1.29, 1.82) is 0 Å². The minimum atomic E-state index is -0.319. The maximum Gasteiger partial charge on any atom is 0.274 e. The van der Waals surface area contributed by atoms with Crippen molar-refractivity contribution >= 4 is 17.2 Å². The van der Waals surface area contributed by atoms with Crippen LogP contribution in [0, 0.1) is 0 Å². The van der Waals surface area contributed by atoms with Gasteiger partial charge in [-0.3, -0.25) is 9.59 Å². The molecule has 0 radical (unpaired) electrons. The van der Waals surface area contributed by atoms with Gasteiger partial charge in [-0.1, -0.05) is 0 Å². The number of nitrogens with zero attached hydrogens (tertiary/aromatic N) is 2. The molecule has 2 aromatic heterocycles. The molecule has 0 spiro atoms. The topological polar surface area (TPSA) is 75.3 Å². The van der Waals surface area contributed by atoms with Crippen LogP contribution in [0.1, 0.15) is 28.9 Å². The molecule has 1 aliphatic heterocycles. The van der Waals surface area contributed by atoms with E-state index in [0.29, 0.717) is 13.1 Å². The number of H-pyrrole nitrogens is 1. The molecule has 0 unspecified atom stereocenters. The van der Waals surface area contributed by atoms with E-state index in [1.54, 1.807) is 16.2 Å². The van der Waals surface area contributed by atoms with Crippen molar-refractivity contribution in [3.05, 3.63) is 50.8 Å². The van der Waals surface area contributed by atoms with Gasteiger partial charge in [0.1, 0.15) is 5.69 Å². The third-order valence-electron chi connectivity index (χ3n) is 3.58. The molecule has 1 atom stereocenters. The second-order valence-electron chi connectivity index (χ2n) is 5.25. The van der Waals surface area contributed by atoms with Crippen molar-refractivity contribution in [2.45, 2.75) is 25.5 Å². The number of aromatic nitrogens is 2. The smallest absolute Gasteiger partial charge is 0.274 e. The molecule has 0 aromatic carbocycles. The van der Waals surface area contributed by atoms with Crippen LogP contribution in [0.5, 0.6) is 0 Å². The van der Waals surface area contributed by atoms with Crippen LogP contribution in [0.3, 0.4) is 0 Å². The predicted molar refractivity (Wildman–Crippen MR) is 82.9 cm³/mol. The summed E-state index contributed by atoms with van der Waals surface area (Å²) in [5.74, 6) is -0.196. The van der Waals surface area contributed by atoms with E-state index in [0.717, 1.165) is 31.2 Å². The summed E-state index contributed by atoms with van der Waals surface area (Å²) in [5, 5.41) is 4.01. The Morgan fingerprint density at radius 3 is 3.09 bits per heavy atom. The van der Waals surface area contributed by atoms with E-state index in [1.807, 2.05) is 16.8 Å². The molecule has 1 aliphatic rings. The van der Waals surface area contributed by atoms with Crippen LogP contribution in [0.15, 0.2) is 34.0 Å². The molecule has 1 N–H and O–H groups in total. The minimum Gasteiger partial charge on any atom is -0.376 e. The van der Waals surface area contributed by atoms with Crippen LogP contribution in [0.25, 0.3) is 0 Å². The highest BCUT2D eigenvalue weighted by Crippen LogP contribution is 2.17. The highest BCUT2D eigenvalue weighted by Gasteiger charge is 2.24. The van der Waals surface area contributed by atoms with Crippen LogP contribution >= 0.6 is 11.3 Å². The van der Waals surface area contributed by atoms with Gasteiger partial charge in [-0.25, -0.2) is 4.98 Å². The van der Waals surface area contributed by atoms with E-state index < -0.39 is 0 Å². The fraction of sp³-hybridized carbons (Fsp3) is 0.400. The lowest BCUT2D eigenvalue weighted by Crippen LogP contribution is -2.37. The summed E-state index contributed by atoms with van der Waals surface area (Å²) in [7, 11) is 0. The number of aromatic amines is 1. The Morgan fingerprint density at radius 1 is 1.55 bits per heavy atom. The number of hydrogen-bond acceptors (Lipinski definition) is 5. The molecule has 6 nitrogen and oxygen atoms in total. The average Bonchev–Trinajstić information content (AvgIpc) is 3.20. The maximum absolute atomic E-state index is 12.7. The quantitative estimate of drug-likeness (QED) is 0.909. The van der Waals surface area contributed by atoms with Crippen LogP contribution in [-0.4, -0.2) is 40.0 Å². The number of carbonyl (C=O) groups is 1. The van der Waals surface area contributed by atoms with E-state index in [2.05, 4.69) is 9.97 Å². The Kier molecular flexibility index (Phi) is 4.65. The molecule has 116 valence electrons. The van der Waals surface area contributed by atoms with Gasteiger partial charge in [0.25, 0.3) is 11.5 Å². The summed E-state index contributed by atoms with van der Waals surface area (Å²) in [4.78, 5) is 31.9. The molecule has 1 amide bonds. The molecule has 2 aromatic rings. The molecular formula is C15H17N3O3S. The highest BCUT2D eigenvalue weighted by atomic mass is 32.1. The molecule has 7 heteroatoms. The third kappa shape index (κ3) is 3.61. The molecule has 1 fully saturated rings. The average molecular weight is 319 g/mol. The molecule has 1 saturated heterocycles. The van der Waals surface area contributed by atoms with Gasteiger partial charge < -0.3 is 14.6 Å². The minimum absolute atomic E-state index is 0.0744. The summed E-state index contributed by atoms with van der Waals surface area (Å²) in [6.07, 6.45) is 4.56. The first-order valence-electron chi connectivity index (χ1n) is 7.19. The van der Waals surface area contributed by atoms with Crippen molar-refractivity contribution in [2.75, 3.05) is 13.2 Å². The number of hydrogen-bond donors (Lipinski definition) is 1. The summed E-state index contributed by atoms with van der Waals surface area (Å²) in [6, 6.07) is 2.00. The van der Waals surface area contributed by atoms with Crippen molar-refractivity contribution in [3.8, 4) is 0 Å². The molecule has 0 aliphatic carbocycles. The van der Waals surface area contributed by atoms with E-state index >= 15 is 0 Å². The van der Waals surface area contributed by atoms with Gasteiger partial charge in [-0.15, -0.1) is 0 Å². The third-order valence-corrected chi connectivity index (χ3v) is 4.31. The van der Waals surface area contributed by atoms with Gasteiger partial charge in [-0.2, -0.15) is 11.3 Å². The normalized spacial score (nSPS) is 17.5. The summed E-state index contributed by atoms with van der Waals surface area (Å²) in [6.45, 7) is 1.81. The summed E-state index contributed by atoms with van der Waals surface area (Å²) < 4.78 is 5.64. The lowest BCUT2D eigenvalue weighted by atomic mass is 10.2. The Hall–Kier alpha value is -1.99. The Bertz CT molecular complexity index is 657. The lowest BCUT2D eigenvalue weighted by Gasteiger charge is -2.24. The zero-order valence-electron chi connectivity index (χ0n) is 12.0. The Balaban J connectivity index is 1.77. The van der Waals surface area contributed by atoms with Crippen molar-refractivity contribution in [1.82, 2.24) is 14.9 Å². The first-order valence-corrected chi connectivity index (χ1v) is 8.13. The fourth-order valence-corrected chi connectivity index (χ4v) is 3.14. The number of rotatable bonds is 5. The second-order valence-corrected chi connectivity index (χ2v) is 6.03. The maximum atomic E-state index is 12.7. The number of thiophene rings is 1. The van der Waals surface area contributed by atoms with Gasteiger partial charge in [-0.05, 0) is 35.2 Å². The molecular weight excluding hydrogens is 302 g/mol. The number of amides is 1. The van der Waals surface area contributed by atoms with Gasteiger partial charge in [0.15, 0.2) is 0 Å². The van der Waals surface area contributed by atoms with Gasteiger partial charge in [0.2, 0.25) is 0 Å². The fourth-order valence-electron chi connectivity index (χ4n) is 2.48. The van der Waals surface area contributed by atoms with Crippen LogP contribution in [-0.2, 0) is 11.3 Å². The Labute approximate surface area is 131 Å². The number of ether oxygens (including phenoxy) is 1. The standard InChI is InChI=1S/C15H17N3O3S/c19-14-7-16-13(6-17-14)15(20)18(8-11-3-5-22-10-11)9-12-2-1-4-21-12/h3,5-7,10,12H,1-2,4,8-9H2,(H,17,19)/t12-/m1/s1. The molecule has 22 heavy (non-hydrogen) atoms. The number of carbonyl (C=O) groups excluding carboxylic acids is 1. The van der Waals surface area contributed by atoms with Gasteiger partial charge in [0.05, 0.1) is 12.3 Å². The number of nitrogens with one attached hydrogen (secondary N) is 1. The largest absolute Gasteiger partial charge is 0.376 e. The SMILES string of the molecule is O=C(c1c[nH]c(=O)cn1)N(Cc1ccsc1)C[C@H]1CCCO1. The zero-order valence-corrected chi connectivity index (χ0v) is 12.8. The monoisotopic (exact) mass is 319 g/mol. The van der Waals surface area contributed by atoms with E-state index in [9.17, 15) is 9.59 Å². The first kappa shape index (κ1) is 14.9. The highest BCUT2D eigenvalue weighted by molar-refractivity contribution is 7.07. The van der Waals surface area contributed by atoms with E-state index in [4.69, 9.17) is 4.74 Å². The van der Waals surface area contributed by atoms with Crippen molar-refractivity contribution in [3.63, 3.8) is 0 Å². The van der Waals surface area contributed by atoms with E-state index in [1.165, 1.54) is 6.20 Å². The van der Waals surface area contributed by atoms with Crippen LogP contribution in [0.2, 0.25) is 0 Å². The van der Waals surface area contributed by atoms with Gasteiger partial charge >= 0.3 is 0 Å². The summed E-state index contributed by atoms with van der Waals surface area (Å²) >= 11 is 1.60. The molecule has 3 heterocycles. The molecule has 3 rings (SSSR count). The van der Waals surface area contributed by atoms with Crippen LogP contribution < -0.4 is 5.56 Å². The van der Waals surface area contributed by atoms with E-state index in [-0.39, 0.29) is 23.3 Å².